The average molecular weight is 371 g/mol. The number of hydrogen-bond donors (Lipinski definition) is 0. The zero-order valence-electron chi connectivity index (χ0n) is 16.8. The highest BCUT2D eigenvalue weighted by atomic mass is 14.6. The van der Waals surface area contributed by atoms with Crippen molar-refractivity contribution in [3.8, 4) is 107 Å². The molecule has 0 heterocycles. The van der Waals surface area contributed by atoms with E-state index in [-0.39, 0.29) is 0 Å². The van der Waals surface area contributed by atoms with E-state index >= 15 is 0 Å². The Morgan fingerprint density at radius 1 is 0.552 bits per heavy atom. The summed E-state index contributed by atoms with van der Waals surface area (Å²) < 4.78 is 0. The van der Waals surface area contributed by atoms with Crippen LogP contribution in [0.15, 0.2) is 4.99 Å². The summed E-state index contributed by atoms with van der Waals surface area (Å²) in [7, 11) is 0. The van der Waals surface area contributed by atoms with Crippen LogP contribution >= 0.6 is 0 Å². The van der Waals surface area contributed by atoms with Gasteiger partial charge in [-0.3, -0.25) is 0 Å². The predicted molar refractivity (Wildman–Crippen MR) is 122 cm³/mol. The number of unbranched alkanes of at least 4 members (excludes halogenated alkanes) is 7. The molecule has 0 amide bonds. The lowest BCUT2D eigenvalue weighted by atomic mass is 10.1. The summed E-state index contributed by atoms with van der Waals surface area (Å²) >= 11 is 0. The van der Waals surface area contributed by atoms with Gasteiger partial charge in [0, 0.05) is 59.6 Å². The molecule has 0 aliphatic carbocycles. The van der Waals surface area contributed by atoms with Gasteiger partial charge in [0.05, 0.1) is 0 Å². The minimum Gasteiger partial charge on any atom is -0.209 e. The van der Waals surface area contributed by atoms with E-state index in [1.165, 1.54) is 38.5 Å². The lowest BCUT2D eigenvalue weighted by Crippen LogP contribution is -1.80. The van der Waals surface area contributed by atoms with Crippen molar-refractivity contribution < 1.29 is 0 Å². The van der Waals surface area contributed by atoms with Gasteiger partial charge in [-0.2, -0.15) is 0 Å². The molecule has 29 heavy (non-hydrogen) atoms. The molecule has 0 aromatic heterocycles. The van der Waals surface area contributed by atoms with Gasteiger partial charge in [0.15, 0.2) is 0 Å². The number of terminal acetylenes is 1. The SMILES string of the molecule is C#CC#CC#CC#CC#CC#CC#CC#CC#CN=CCCCCCCCCC. The molecule has 0 saturated carbocycles. The molecular formula is C28H21N. The minimum absolute atomic E-state index is 0.961. The summed E-state index contributed by atoms with van der Waals surface area (Å²) in [4.78, 5) is 4.00. The first kappa shape index (κ1) is 24.7. The maximum Gasteiger partial charge on any atom is 0.0478 e. The standard InChI is InChI=1S/C28H21N/c1-3-5-7-9-11-13-14-15-16-17-18-19-20-22-24-26-28-29-27-25-23-21-12-10-8-6-4-2/h1,27H,4,6,8,10,12,21,23,25H2,2H3. The van der Waals surface area contributed by atoms with E-state index in [9.17, 15) is 0 Å². The van der Waals surface area contributed by atoms with Crippen molar-refractivity contribution in [3.05, 3.63) is 0 Å². The lowest BCUT2D eigenvalue weighted by Gasteiger charge is -1.98. The maximum atomic E-state index is 4.93. The fraction of sp³-hybridized carbons (Fsp3) is 0.321. The second-order valence-corrected chi connectivity index (χ2v) is 5.35. The van der Waals surface area contributed by atoms with Crippen LogP contribution in [0.1, 0.15) is 58.3 Å². The molecule has 138 valence electrons. The van der Waals surface area contributed by atoms with Gasteiger partial charge in [0.1, 0.15) is 0 Å². The molecule has 0 aliphatic heterocycles. The van der Waals surface area contributed by atoms with E-state index in [0.29, 0.717) is 0 Å². The molecule has 0 unspecified atom stereocenters. The second-order valence-electron chi connectivity index (χ2n) is 5.35. The summed E-state index contributed by atoms with van der Waals surface area (Å²) in [5, 5.41) is 0. The normalized spacial score (nSPS) is 6.90. The fourth-order valence-electron chi connectivity index (χ4n) is 1.81. The van der Waals surface area contributed by atoms with Gasteiger partial charge in [0.2, 0.25) is 0 Å². The van der Waals surface area contributed by atoms with Crippen molar-refractivity contribution in [1.82, 2.24) is 0 Å². The zero-order chi connectivity index (χ0) is 21.1. The third-order valence-electron chi connectivity index (χ3n) is 3.10. The number of rotatable bonds is 8. The summed E-state index contributed by atoms with van der Waals surface area (Å²) in [6.45, 7) is 2.23. The molecule has 0 spiro atoms. The van der Waals surface area contributed by atoms with E-state index in [0.717, 1.165) is 12.8 Å². The lowest BCUT2D eigenvalue weighted by molar-refractivity contribution is 0.596. The molecule has 0 aromatic carbocycles. The Labute approximate surface area is 176 Å². The Kier molecular flexibility index (Phi) is 20.2. The second kappa shape index (κ2) is 23.7. The largest absolute Gasteiger partial charge is 0.209 e. The molecule has 1 heteroatoms. The predicted octanol–water partition coefficient (Wildman–Crippen LogP) is 3.82. The number of aliphatic imine (C=N–C) groups is 1. The molecule has 0 N–H and O–H groups in total. The van der Waals surface area contributed by atoms with E-state index in [1.807, 2.05) is 6.21 Å². The molecule has 0 radical (unpaired) electrons. The molecular weight excluding hydrogens is 350 g/mol. The van der Waals surface area contributed by atoms with Crippen LogP contribution < -0.4 is 0 Å². The highest BCUT2D eigenvalue weighted by Crippen LogP contribution is 2.07. The fourth-order valence-corrected chi connectivity index (χ4v) is 1.81. The van der Waals surface area contributed by atoms with Crippen LogP contribution in [0.25, 0.3) is 0 Å². The Morgan fingerprint density at radius 3 is 1.45 bits per heavy atom. The van der Waals surface area contributed by atoms with Crippen LogP contribution in [-0.4, -0.2) is 6.21 Å². The van der Waals surface area contributed by atoms with Gasteiger partial charge in [-0.05, 0) is 60.2 Å². The average Bonchev–Trinajstić information content (AvgIpc) is 2.74. The third-order valence-corrected chi connectivity index (χ3v) is 3.10. The molecule has 0 aliphatic rings. The molecule has 0 aromatic rings. The van der Waals surface area contributed by atoms with Gasteiger partial charge in [-0.25, -0.2) is 4.99 Å². The molecule has 0 saturated heterocycles. The van der Waals surface area contributed by atoms with Gasteiger partial charge >= 0.3 is 0 Å². The van der Waals surface area contributed by atoms with Gasteiger partial charge in [0.25, 0.3) is 0 Å². The van der Waals surface area contributed by atoms with Crippen molar-refractivity contribution in [2.24, 2.45) is 4.99 Å². The van der Waals surface area contributed by atoms with Gasteiger partial charge in [-0.15, -0.1) is 6.42 Å². The van der Waals surface area contributed by atoms with Crippen LogP contribution in [0, 0.1) is 107 Å². The van der Waals surface area contributed by atoms with E-state index in [1.54, 1.807) is 0 Å². The van der Waals surface area contributed by atoms with Crippen LogP contribution in [0.4, 0.5) is 0 Å². The summed E-state index contributed by atoms with van der Waals surface area (Å²) in [6, 6.07) is 2.63. The summed E-state index contributed by atoms with van der Waals surface area (Å²) in [5.41, 5.74) is 0. The molecule has 1 nitrogen and oxygen atoms in total. The first-order valence-electron chi connectivity index (χ1n) is 9.39. The molecule has 0 fully saturated rings. The van der Waals surface area contributed by atoms with E-state index in [4.69, 9.17) is 6.42 Å². The minimum atomic E-state index is 0.961. The zero-order valence-corrected chi connectivity index (χ0v) is 16.8. The quantitative estimate of drug-likeness (QED) is 0.349. The highest BCUT2D eigenvalue weighted by Gasteiger charge is 1.89. The molecule has 0 atom stereocenters. The Balaban J connectivity index is 3.99. The van der Waals surface area contributed by atoms with Gasteiger partial charge < -0.3 is 0 Å². The van der Waals surface area contributed by atoms with Crippen LogP contribution in [0.3, 0.4) is 0 Å². The maximum absolute atomic E-state index is 4.93. The number of hydrogen-bond acceptors (Lipinski definition) is 1. The van der Waals surface area contributed by atoms with Crippen LogP contribution in [0.5, 0.6) is 0 Å². The highest BCUT2D eigenvalue weighted by molar-refractivity contribution is 5.59. The first-order valence-corrected chi connectivity index (χ1v) is 9.39. The van der Waals surface area contributed by atoms with E-state index < -0.39 is 0 Å². The van der Waals surface area contributed by atoms with Crippen LogP contribution in [-0.2, 0) is 0 Å². The summed E-state index contributed by atoms with van der Waals surface area (Å²) in [5.74, 6) is 39.8. The molecule has 0 rings (SSSR count). The Morgan fingerprint density at radius 2 is 0.966 bits per heavy atom. The Hall–Kier alpha value is -4.29. The third kappa shape index (κ3) is 23.7. The van der Waals surface area contributed by atoms with Crippen molar-refractivity contribution in [1.29, 1.82) is 0 Å². The van der Waals surface area contributed by atoms with E-state index in [2.05, 4.69) is 113 Å². The van der Waals surface area contributed by atoms with Crippen LogP contribution in [0.2, 0.25) is 0 Å². The monoisotopic (exact) mass is 371 g/mol. The smallest absolute Gasteiger partial charge is 0.0478 e. The molecule has 0 bridgehead atoms. The van der Waals surface area contributed by atoms with Crippen molar-refractivity contribution in [2.75, 3.05) is 0 Å². The first-order chi connectivity index (χ1) is 14.4. The van der Waals surface area contributed by atoms with Crippen molar-refractivity contribution in [3.63, 3.8) is 0 Å². The summed E-state index contributed by atoms with van der Waals surface area (Å²) in [6.07, 6.45) is 16.8. The van der Waals surface area contributed by atoms with Crippen molar-refractivity contribution >= 4 is 6.21 Å². The van der Waals surface area contributed by atoms with Gasteiger partial charge in [-0.1, -0.05) is 45.4 Å². The topological polar surface area (TPSA) is 12.4 Å². The number of nitrogens with zero attached hydrogens (tertiary/aromatic N) is 1. The van der Waals surface area contributed by atoms with Crippen molar-refractivity contribution in [2.45, 2.75) is 58.3 Å². The Bertz CT molecular complexity index is 1060.